The van der Waals surface area contributed by atoms with Crippen LogP contribution in [0.2, 0.25) is 5.02 Å². The highest BCUT2D eigenvalue weighted by molar-refractivity contribution is 7.89. The summed E-state index contributed by atoms with van der Waals surface area (Å²) in [7, 11) is -3.92. The van der Waals surface area contributed by atoms with Crippen LogP contribution in [-0.4, -0.2) is 36.4 Å². The van der Waals surface area contributed by atoms with E-state index in [1.54, 1.807) is 0 Å². The molecule has 1 atom stereocenters. The van der Waals surface area contributed by atoms with Crippen molar-refractivity contribution in [3.05, 3.63) is 53.2 Å². The molecule has 0 spiro atoms. The zero-order valence-electron chi connectivity index (χ0n) is 11.7. The lowest BCUT2D eigenvalue weighted by molar-refractivity contribution is -0.104. The molecule has 0 radical (unpaired) electrons. The van der Waals surface area contributed by atoms with Crippen LogP contribution >= 0.6 is 11.6 Å². The molecular weight excluding hydrogens is 355 g/mol. The van der Waals surface area contributed by atoms with Crippen LogP contribution < -0.4 is 0 Å². The Balaban J connectivity index is 2.55. The number of aromatic nitrogens is 2. The molecule has 10 heteroatoms. The standard InChI is InChI=1S/C13H11ClF3N3O2S/c1-20(23(21,22)11-3-2-8-18-19-11)13(17,12(15)16)9-4-6-10(14)7-5-9/h2-8,12H,1H3. The molecule has 0 aliphatic heterocycles. The molecule has 2 aromatic rings. The van der Waals surface area contributed by atoms with Gasteiger partial charge in [0.2, 0.25) is 0 Å². The second kappa shape index (κ2) is 6.42. The molecule has 0 aliphatic rings. The monoisotopic (exact) mass is 365 g/mol. The molecular formula is C13H11ClF3N3O2S. The van der Waals surface area contributed by atoms with E-state index in [4.69, 9.17) is 11.6 Å². The molecule has 2 rings (SSSR count). The lowest BCUT2D eigenvalue weighted by Crippen LogP contribution is -2.49. The summed E-state index contributed by atoms with van der Waals surface area (Å²) in [5.41, 5.74) is -0.549. The summed E-state index contributed by atoms with van der Waals surface area (Å²) in [6.07, 6.45) is -2.44. The second-order valence-electron chi connectivity index (χ2n) is 4.52. The van der Waals surface area contributed by atoms with Crippen molar-refractivity contribution in [1.82, 2.24) is 14.5 Å². The topological polar surface area (TPSA) is 63.2 Å². The van der Waals surface area contributed by atoms with E-state index in [1.807, 2.05) is 0 Å². The van der Waals surface area contributed by atoms with Gasteiger partial charge < -0.3 is 0 Å². The predicted octanol–water partition coefficient (Wildman–Crippen LogP) is 2.84. The molecule has 0 amide bonds. The first-order valence-electron chi connectivity index (χ1n) is 6.20. The van der Waals surface area contributed by atoms with Gasteiger partial charge in [0.05, 0.1) is 0 Å². The van der Waals surface area contributed by atoms with Crippen molar-refractivity contribution in [2.45, 2.75) is 17.2 Å². The lowest BCUT2D eigenvalue weighted by Gasteiger charge is -2.33. The minimum absolute atomic E-state index is 0.0576. The molecule has 0 saturated heterocycles. The maximum Gasteiger partial charge on any atom is 0.290 e. The van der Waals surface area contributed by atoms with Gasteiger partial charge in [-0.25, -0.2) is 21.6 Å². The molecule has 0 aliphatic carbocycles. The minimum Gasteiger partial charge on any atom is -0.213 e. The third kappa shape index (κ3) is 3.17. The predicted molar refractivity (Wildman–Crippen MR) is 77.2 cm³/mol. The first-order chi connectivity index (χ1) is 10.7. The second-order valence-corrected chi connectivity index (χ2v) is 6.87. The van der Waals surface area contributed by atoms with Gasteiger partial charge in [-0.05, 0) is 24.3 Å². The Bertz CT molecular complexity index is 775. The van der Waals surface area contributed by atoms with Gasteiger partial charge in [-0.2, -0.15) is 9.40 Å². The van der Waals surface area contributed by atoms with E-state index in [9.17, 15) is 17.2 Å². The Morgan fingerprint density at radius 2 is 1.83 bits per heavy atom. The number of nitrogens with zero attached hydrogens (tertiary/aromatic N) is 3. The Hall–Kier alpha value is -1.71. The molecule has 0 N–H and O–H groups in total. The van der Waals surface area contributed by atoms with Gasteiger partial charge >= 0.3 is 0 Å². The SMILES string of the molecule is CN(C(F)(c1ccc(Cl)cc1)C(F)F)S(=O)(=O)c1cccnn1. The average molecular weight is 366 g/mol. The molecule has 1 heterocycles. The number of hydrogen-bond acceptors (Lipinski definition) is 4. The van der Waals surface area contributed by atoms with Crippen molar-refractivity contribution < 1.29 is 21.6 Å². The highest BCUT2D eigenvalue weighted by Crippen LogP contribution is 2.39. The maximum absolute atomic E-state index is 15.1. The number of hydrogen-bond donors (Lipinski definition) is 0. The van der Waals surface area contributed by atoms with Gasteiger partial charge in [0.1, 0.15) is 0 Å². The van der Waals surface area contributed by atoms with Gasteiger partial charge in [-0.3, -0.25) is 0 Å². The number of sulfonamides is 1. The summed E-state index contributed by atoms with van der Waals surface area (Å²) in [5.74, 6) is -3.58. The molecule has 0 saturated carbocycles. The number of rotatable bonds is 5. The van der Waals surface area contributed by atoms with Crippen LogP contribution in [0.1, 0.15) is 5.56 Å². The number of alkyl halides is 3. The third-order valence-electron chi connectivity index (χ3n) is 3.17. The summed E-state index contributed by atoms with van der Waals surface area (Å²) in [6.45, 7) is 0. The van der Waals surface area contributed by atoms with Gasteiger partial charge in [0.15, 0.2) is 5.03 Å². The molecule has 23 heavy (non-hydrogen) atoms. The molecule has 1 aromatic heterocycles. The van der Waals surface area contributed by atoms with Crippen LogP contribution in [0.15, 0.2) is 47.6 Å². The summed E-state index contributed by atoms with van der Waals surface area (Å²) in [6, 6.07) is 6.66. The van der Waals surface area contributed by atoms with E-state index >= 15 is 4.39 Å². The molecule has 0 fully saturated rings. The van der Waals surface area contributed by atoms with Crippen LogP contribution in [0.25, 0.3) is 0 Å². The summed E-state index contributed by atoms with van der Waals surface area (Å²) in [4.78, 5) is 0. The quantitative estimate of drug-likeness (QED) is 0.764. The van der Waals surface area contributed by atoms with Crippen LogP contribution in [0, 0.1) is 0 Å². The van der Waals surface area contributed by atoms with Crippen molar-refractivity contribution in [3.63, 3.8) is 0 Å². The van der Waals surface area contributed by atoms with Crippen LogP contribution in [-0.2, 0) is 15.8 Å². The first-order valence-corrected chi connectivity index (χ1v) is 8.02. The maximum atomic E-state index is 15.1. The van der Waals surface area contributed by atoms with Gasteiger partial charge in [0.25, 0.3) is 22.2 Å². The Morgan fingerprint density at radius 1 is 1.22 bits per heavy atom. The van der Waals surface area contributed by atoms with E-state index < -0.39 is 32.8 Å². The minimum atomic E-state index is -4.63. The molecule has 1 aromatic carbocycles. The van der Waals surface area contributed by atoms with Gasteiger partial charge in [-0.1, -0.05) is 23.7 Å². The summed E-state index contributed by atoms with van der Waals surface area (Å²) in [5, 5.41) is 6.26. The molecule has 124 valence electrons. The van der Waals surface area contributed by atoms with E-state index in [-0.39, 0.29) is 9.33 Å². The number of halogens is 4. The smallest absolute Gasteiger partial charge is 0.213 e. The molecule has 1 unspecified atom stereocenters. The Morgan fingerprint density at radius 3 is 2.30 bits per heavy atom. The molecule has 0 bridgehead atoms. The van der Waals surface area contributed by atoms with E-state index in [0.717, 1.165) is 18.2 Å². The Labute approximate surface area is 135 Å². The van der Waals surface area contributed by atoms with Crippen LogP contribution in [0.3, 0.4) is 0 Å². The van der Waals surface area contributed by atoms with Crippen molar-refractivity contribution in [1.29, 1.82) is 0 Å². The zero-order valence-corrected chi connectivity index (χ0v) is 13.3. The fraction of sp³-hybridized carbons (Fsp3) is 0.231. The van der Waals surface area contributed by atoms with Crippen LogP contribution in [0.5, 0.6) is 0 Å². The number of benzene rings is 1. The van der Waals surface area contributed by atoms with Crippen molar-refractivity contribution in [3.8, 4) is 0 Å². The fourth-order valence-corrected chi connectivity index (χ4v) is 3.21. The largest absolute Gasteiger partial charge is 0.290 e. The average Bonchev–Trinajstić information content (AvgIpc) is 2.54. The lowest BCUT2D eigenvalue weighted by atomic mass is 10.1. The third-order valence-corrected chi connectivity index (χ3v) is 5.15. The van der Waals surface area contributed by atoms with Crippen molar-refractivity contribution >= 4 is 21.6 Å². The van der Waals surface area contributed by atoms with E-state index in [2.05, 4.69) is 10.2 Å². The summed E-state index contributed by atoms with van der Waals surface area (Å²) < 4.78 is 66.5. The Kier molecular flexibility index (Phi) is 4.92. The first kappa shape index (κ1) is 17.6. The fourth-order valence-electron chi connectivity index (χ4n) is 1.87. The molecule has 5 nitrogen and oxygen atoms in total. The van der Waals surface area contributed by atoms with Crippen molar-refractivity contribution in [2.75, 3.05) is 7.05 Å². The highest BCUT2D eigenvalue weighted by Gasteiger charge is 2.52. The van der Waals surface area contributed by atoms with Gasteiger partial charge in [-0.15, -0.1) is 5.10 Å². The summed E-state index contributed by atoms with van der Waals surface area (Å²) >= 11 is 5.65. The van der Waals surface area contributed by atoms with E-state index in [0.29, 0.717) is 7.05 Å². The van der Waals surface area contributed by atoms with Gasteiger partial charge in [0, 0.05) is 23.8 Å². The van der Waals surface area contributed by atoms with E-state index in [1.165, 1.54) is 24.4 Å². The zero-order chi connectivity index (χ0) is 17.3. The normalized spacial score (nSPS) is 14.9. The van der Waals surface area contributed by atoms with Crippen molar-refractivity contribution in [2.24, 2.45) is 0 Å². The van der Waals surface area contributed by atoms with Crippen LogP contribution in [0.4, 0.5) is 13.2 Å². The highest BCUT2D eigenvalue weighted by atomic mass is 35.5.